The summed E-state index contributed by atoms with van der Waals surface area (Å²) in [5, 5.41) is 6.43. The van der Waals surface area contributed by atoms with Crippen LogP contribution in [0.5, 0.6) is 5.75 Å². The first-order valence-corrected chi connectivity index (χ1v) is 17.0. The van der Waals surface area contributed by atoms with Gasteiger partial charge in [-0.05, 0) is 31.1 Å². The van der Waals surface area contributed by atoms with E-state index in [4.69, 9.17) is 15.2 Å². The first-order valence-electron chi connectivity index (χ1n) is 13.5. The van der Waals surface area contributed by atoms with E-state index >= 15 is 0 Å². The molecule has 2 fully saturated rings. The Labute approximate surface area is 236 Å². The van der Waals surface area contributed by atoms with Crippen molar-refractivity contribution in [1.29, 1.82) is 0 Å². The molecule has 12 nitrogen and oxygen atoms in total. The van der Waals surface area contributed by atoms with Crippen molar-refractivity contribution in [3.8, 4) is 5.75 Å². The molecule has 1 atom stereocenters. The van der Waals surface area contributed by atoms with Crippen LogP contribution >= 0.6 is 0 Å². The number of sulfonamides is 1. The Bertz CT molecular complexity index is 1430. The van der Waals surface area contributed by atoms with Gasteiger partial charge in [-0.2, -0.15) is 4.31 Å². The van der Waals surface area contributed by atoms with Crippen molar-refractivity contribution < 1.29 is 26.3 Å². The van der Waals surface area contributed by atoms with Crippen molar-refractivity contribution >= 4 is 25.7 Å². The molecule has 1 aromatic carbocycles. The molecule has 0 bridgehead atoms. The molecule has 1 aromatic rings. The number of amidine groups is 1. The highest BCUT2D eigenvalue weighted by Crippen LogP contribution is 2.36. The second kappa shape index (κ2) is 11.4. The molecule has 4 aliphatic heterocycles. The highest BCUT2D eigenvalue weighted by Gasteiger charge is 2.38. The Balaban J connectivity index is 1.36. The minimum absolute atomic E-state index is 0.0331. The molecule has 40 heavy (non-hydrogen) atoms. The fourth-order valence-electron chi connectivity index (χ4n) is 5.67. The second-order valence-corrected chi connectivity index (χ2v) is 14.8. The van der Waals surface area contributed by atoms with Gasteiger partial charge >= 0.3 is 0 Å². The van der Waals surface area contributed by atoms with Gasteiger partial charge in [0.1, 0.15) is 27.1 Å². The maximum Gasteiger partial charge on any atom is 0.243 e. The molecule has 14 heteroatoms. The number of hydrogen-bond donors (Lipinski definition) is 3. The standard InChI is InChI=1S/C26H38N6O6S2/c1-37-24-17-20(40(35,36)32-10-6-19(7-11-32)31-12-14-38-15-13-31)3-4-22(24)26(27)18-23(28-9-16-39(2,33)34)21-5-8-29-25(21)30-26/h3-5,17-19,28H,6-16,27H2,1-2H3,(H,29,30). The maximum absolute atomic E-state index is 13.6. The predicted octanol–water partition coefficient (Wildman–Crippen LogP) is -0.248. The van der Waals surface area contributed by atoms with E-state index in [-0.39, 0.29) is 17.2 Å². The molecule has 4 N–H and O–H groups in total. The average molecular weight is 595 g/mol. The lowest BCUT2D eigenvalue weighted by Crippen LogP contribution is -2.55. The topological polar surface area (TPSA) is 156 Å². The predicted molar refractivity (Wildman–Crippen MR) is 152 cm³/mol. The molecule has 0 saturated carbocycles. The number of benzene rings is 1. The van der Waals surface area contributed by atoms with Crippen molar-refractivity contribution in [3.63, 3.8) is 0 Å². The molecule has 0 radical (unpaired) electrons. The zero-order valence-electron chi connectivity index (χ0n) is 22.9. The molecule has 0 aromatic heterocycles. The number of nitrogens with two attached hydrogens (primary N) is 1. The number of methoxy groups -OCH3 is 1. The van der Waals surface area contributed by atoms with Crippen LogP contribution in [0.25, 0.3) is 0 Å². The summed E-state index contributed by atoms with van der Waals surface area (Å²) in [6.45, 7) is 4.81. The van der Waals surface area contributed by atoms with Gasteiger partial charge in [0.25, 0.3) is 0 Å². The molecule has 2 saturated heterocycles. The summed E-state index contributed by atoms with van der Waals surface area (Å²) in [4.78, 5) is 7.02. The van der Waals surface area contributed by atoms with E-state index in [9.17, 15) is 16.8 Å². The molecule has 0 amide bonds. The van der Waals surface area contributed by atoms with Crippen molar-refractivity contribution in [1.82, 2.24) is 19.8 Å². The Morgan fingerprint density at radius 3 is 2.58 bits per heavy atom. The van der Waals surface area contributed by atoms with E-state index in [2.05, 4.69) is 20.5 Å². The monoisotopic (exact) mass is 594 g/mol. The van der Waals surface area contributed by atoms with Crippen LogP contribution in [0.15, 0.2) is 51.5 Å². The summed E-state index contributed by atoms with van der Waals surface area (Å²) in [5.74, 6) is 0.861. The number of piperidine rings is 1. The Morgan fingerprint density at radius 2 is 1.90 bits per heavy atom. The first-order chi connectivity index (χ1) is 19.0. The van der Waals surface area contributed by atoms with E-state index in [0.29, 0.717) is 48.5 Å². The second-order valence-electron chi connectivity index (χ2n) is 10.6. The van der Waals surface area contributed by atoms with Crippen molar-refractivity contribution in [2.24, 2.45) is 10.7 Å². The van der Waals surface area contributed by atoms with Crippen LogP contribution in [0, 0.1) is 0 Å². The molecular weight excluding hydrogens is 556 g/mol. The first kappa shape index (κ1) is 29.0. The molecular formula is C26H38N6O6S2. The molecule has 0 spiro atoms. The van der Waals surface area contributed by atoms with Gasteiger partial charge in [0.2, 0.25) is 10.0 Å². The zero-order valence-corrected chi connectivity index (χ0v) is 24.6. The molecule has 0 aliphatic carbocycles. The van der Waals surface area contributed by atoms with Gasteiger partial charge in [0, 0.05) is 67.9 Å². The van der Waals surface area contributed by atoms with Gasteiger partial charge in [-0.15, -0.1) is 0 Å². The summed E-state index contributed by atoms with van der Waals surface area (Å²) in [6.07, 6.45) is 6.43. The minimum Gasteiger partial charge on any atom is -0.496 e. The number of aliphatic imine (C=N–C) groups is 1. The van der Waals surface area contributed by atoms with E-state index in [1.54, 1.807) is 22.5 Å². The lowest BCUT2D eigenvalue weighted by atomic mass is 9.92. The Morgan fingerprint density at radius 1 is 1.18 bits per heavy atom. The van der Waals surface area contributed by atoms with E-state index in [1.807, 2.05) is 6.08 Å². The van der Waals surface area contributed by atoms with E-state index in [0.717, 1.165) is 44.7 Å². The summed E-state index contributed by atoms with van der Waals surface area (Å²) in [5.41, 5.74) is 7.55. The van der Waals surface area contributed by atoms with Crippen LogP contribution in [0.3, 0.4) is 0 Å². The van der Waals surface area contributed by atoms with E-state index < -0.39 is 25.5 Å². The fourth-order valence-corrected chi connectivity index (χ4v) is 7.63. The highest BCUT2D eigenvalue weighted by atomic mass is 32.2. The smallest absolute Gasteiger partial charge is 0.243 e. The molecule has 4 heterocycles. The van der Waals surface area contributed by atoms with Crippen molar-refractivity contribution in [2.75, 3.05) is 71.6 Å². The van der Waals surface area contributed by atoms with Gasteiger partial charge in [0.15, 0.2) is 0 Å². The van der Waals surface area contributed by atoms with Gasteiger partial charge < -0.3 is 25.8 Å². The molecule has 4 aliphatic rings. The van der Waals surface area contributed by atoms with Gasteiger partial charge in [-0.25, -0.2) is 16.8 Å². The number of morpholine rings is 1. The van der Waals surface area contributed by atoms with Crippen LogP contribution in [0.4, 0.5) is 0 Å². The number of ether oxygens (including phenoxy) is 2. The number of rotatable bonds is 9. The molecule has 5 rings (SSSR count). The molecule has 1 unspecified atom stereocenters. The van der Waals surface area contributed by atoms with Crippen LogP contribution in [0.2, 0.25) is 0 Å². The van der Waals surface area contributed by atoms with Crippen LogP contribution in [0.1, 0.15) is 18.4 Å². The van der Waals surface area contributed by atoms with Crippen molar-refractivity contribution in [2.45, 2.75) is 29.4 Å². The highest BCUT2D eigenvalue weighted by molar-refractivity contribution is 7.90. The minimum atomic E-state index is -3.74. The fraction of sp³-hybridized carbons (Fsp3) is 0.577. The third kappa shape index (κ3) is 6.06. The number of fused-ring (bicyclic) bond motifs is 1. The number of hydrogen-bond acceptors (Lipinski definition) is 11. The average Bonchev–Trinajstić information content (AvgIpc) is 3.41. The maximum atomic E-state index is 13.6. The van der Waals surface area contributed by atoms with Gasteiger partial charge in [0.05, 0.1) is 37.5 Å². The largest absolute Gasteiger partial charge is 0.496 e. The Kier molecular flexibility index (Phi) is 8.28. The van der Waals surface area contributed by atoms with Gasteiger partial charge in [-0.3, -0.25) is 9.89 Å². The molecule has 220 valence electrons. The number of nitrogens with one attached hydrogen (secondary N) is 2. The summed E-state index contributed by atoms with van der Waals surface area (Å²) in [7, 11) is -5.41. The van der Waals surface area contributed by atoms with Gasteiger partial charge in [-0.1, -0.05) is 6.08 Å². The summed E-state index contributed by atoms with van der Waals surface area (Å²) >= 11 is 0. The van der Waals surface area contributed by atoms with Crippen LogP contribution < -0.4 is 21.1 Å². The number of nitrogens with zero attached hydrogens (tertiary/aromatic N) is 3. The lowest BCUT2D eigenvalue weighted by molar-refractivity contribution is 0.00610. The van der Waals surface area contributed by atoms with Crippen molar-refractivity contribution in [3.05, 3.63) is 47.2 Å². The SMILES string of the molecule is COc1cc(S(=O)(=O)N2CCC(N3CCOCC3)CC2)ccc1C1(N)C=C(NCCS(C)(=O)=O)C2=CCN=C2N1. The third-order valence-corrected chi connectivity index (χ3v) is 10.7. The zero-order chi connectivity index (χ0) is 28.5. The van der Waals surface area contributed by atoms with Crippen LogP contribution in [-0.4, -0.2) is 110 Å². The normalized spacial score (nSPS) is 24.9. The third-order valence-electron chi connectivity index (χ3n) is 7.82. The summed E-state index contributed by atoms with van der Waals surface area (Å²) < 4.78 is 63.1. The Hall–Kier alpha value is -2.49. The lowest BCUT2D eigenvalue weighted by Gasteiger charge is -2.39. The van der Waals surface area contributed by atoms with Crippen LogP contribution in [-0.2, 0) is 30.3 Å². The van der Waals surface area contributed by atoms with E-state index in [1.165, 1.54) is 19.4 Å². The number of sulfone groups is 1. The quantitative estimate of drug-likeness (QED) is 0.349. The summed E-state index contributed by atoms with van der Waals surface area (Å²) in [6, 6.07) is 5.10.